The van der Waals surface area contributed by atoms with E-state index in [0.717, 1.165) is 0 Å². The second-order valence-electron chi connectivity index (χ2n) is 3.64. The predicted molar refractivity (Wildman–Crippen MR) is 80.2 cm³/mol. The van der Waals surface area contributed by atoms with Crippen LogP contribution in [0.3, 0.4) is 0 Å². The molecule has 0 fully saturated rings. The number of halogens is 2. The van der Waals surface area contributed by atoms with Gasteiger partial charge in [-0.15, -0.1) is 11.3 Å². The Morgan fingerprint density at radius 1 is 1.37 bits per heavy atom. The number of hydrogen-bond acceptors (Lipinski definition) is 4. The zero-order valence-corrected chi connectivity index (χ0v) is 13.4. The molecule has 0 atom stereocenters. The van der Waals surface area contributed by atoms with E-state index in [1.807, 2.05) is 0 Å². The van der Waals surface area contributed by atoms with Gasteiger partial charge in [-0.2, -0.15) is 0 Å². The molecule has 0 saturated heterocycles. The maximum atomic E-state index is 12.1. The van der Waals surface area contributed by atoms with Crippen molar-refractivity contribution in [3.63, 3.8) is 0 Å². The lowest BCUT2D eigenvalue weighted by atomic mass is 10.3. The molecule has 0 saturated carbocycles. The lowest BCUT2D eigenvalue weighted by Gasteiger charge is -2.08. The minimum Gasteiger partial charge on any atom is -0.391 e. The van der Waals surface area contributed by atoms with Crippen molar-refractivity contribution in [3.05, 3.63) is 44.0 Å². The van der Waals surface area contributed by atoms with Crippen LogP contribution in [0.25, 0.3) is 0 Å². The molecule has 1 aromatic carbocycles. The van der Waals surface area contributed by atoms with Crippen LogP contribution in [0.2, 0.25) is 5.02 Å². The lowest BCUT2D eigenvalue weighted by Crippen LogP contribution is -2.12. The molecule has 0 aliphatic carbocycles. The van der Waals surface area contributed by atoms with Gasteiger partial charge in [-0.25, -0.2) is 8.42 Å². The summed E-state index contributed by atoms with van der Waals surface area (Å²) < 4.78 is 27.3. The summed E-state index contributed by atoms with van der Waals surface area (Å²) in [7, 11) is -3.68. The van der Waals surface area contributed by atoms with Gasteiger partial charge < -0.3 is 5.11 Å². The van der Waals surface area contributed by atoms with E-state index in [4.69, 9.17) is 16.7 Å². The van der Waals surface area contributed by atoms with Gasteiger partial charge in [-0.1, -0.05) is 11.6 Å². The van der Waals surface area contributed by atoms with E-state index in [1.165, 1.54) is 28.8 Å². The van der Waals surface area contributed by atoms with Crippen LogP contribution in [-0.4, -0.2) is 13.5 Å². The molecule has 2 rings (SSSR count). The molecule has 0 aliphatic rings. The molecule has 0 bridgehead atoms. The van der Waals surface area contributed by atoms with Crippen LogP contribution >= 0.6 is 38.9 Å². The highest BCUT2D eigenvalue weighted by Crippen LogP contribution is 2.29. The molecule has 102 valence electrons. The van der Waals surface area contributed by atoms with Gasteiger partial charge in [-0.05, 0) is 40.2 Å². The van der Waals surface area contributed by atoms with E-state index in [9.17, 15) is 8.42 Å². The number of anilines is 1. The van der Waals surface area contributed by atoms with Crippen LogP contribution in [0.5, 0.6) is 0 Å². The molecule has 4 nitrogen and oxygen atoms in total. The Balaban J connectivity index is 2.33. The molecule has 0 unspecified atom stereocenters. The number of nitrogens with one attached hydrogen (secondary N) is 1. The zero-order valence-electron chi connectivity index (χ0n) is 9.43. The smallest absolute Gasteiger partial charge is 0.262 e. The summed E-state index contributed by atoms with van der Waals surface area (Å²) in [6.45, 7) is -0.180. The quantitative estimate of drug-likeness (QED) is 0.851. The van der Waals surface area contributed by atoms with Gasteiger partial charge in [0.1, 0.15) is 0 Å². The van der Waals surface area contributed by atoms with E-state index in [0.29, 0.717) is 20.1 Å². The van der Waals surface area contributed by atoms with Gasteiger partial charge in [-0.3, -0.25) is 4.72 Å². The maximum absolute atomic E-state index is 12.1. The van der Waals surface area contributed by atoms with Crippen LogP contribution in [0, 0.1) is 0 Å². The van der Waals surface area contributed by atoms with Gasteiger partial charge in [0.2, 0.25) is 0 Å². The minimum absolute atomic E-state index is 0.119. The highest BCUT2D eigenvalue weighted by atomic mass is 79.9. The van der Waals surface area contributed by atoms with Crippen molar-refractivity contribution in [3.8, 4) is 0 Å². The van der Waals surface area contributed by atoms with Gasteiger partial charge >= 0.3 is 0 Å². The van der Waals surface area contributed by atoms with E-state index >= 15 is 0 Å². The first-order valence-corrected chi connectivity index (χ1v) is 8.62. The van der Waals surface area contributed by atoms with Crippen molar-refractivity contribution < 1.29 is 13.5 Å². The molecule has 1 heterocycles. The molecule has 2 N–H and O–H groups in total. The summed E-state index contributed by atoms with van der Waals surface area (Å²) in [6.07, 6.45) is 0. The Hall–Kier alpha value is -0.600. The predicted octanol–water partition coefficient (Wildman–Crippen LogP) is 3.46. The average Bonchev–Trinajstić information content (AvgIpc) is 2.83. The SMILES string of the molecule is O=S(=O)(Nc1cc(Cl)ccc1Br)c1csc(CO)c1. The largest absolute Gasteiger partial charge is 0.391 e. The van der Waals surface area contributed by atoms with Crippen LogP contribution in [-0.2, 0) is 16.6 Å². The lowest BCUT2D eigenvalue weighted by molar-refractivity contribution is 0.285. The Labute approximate surface area is 128 Å². The first-order chi connectivity index (χ1) is 8.92. The van der Waals surface area contributed by atoms with Crippen LogP contribution in [0.4, 0.5) is 5.69 Å². The summed E-state index contributed by atoms with van der Waals surface area (Å²) in [5, 5.41) is 10.9. The van der Waals surface area contributed by atoms with Crippen molar-refractivity contribution in [1.82, 2.24) is 0 Å². The molecule has 0 spiro atoms. The topological polar surface area (TPSA) is 66.4 Å². The van der Waals surface area contributed by atoms with E-state index in [-0.39, 0.29) is 11.5 Å². The molecule has 19 heavy (non-hydrogen) atoms. The molecule has 0 amide bonds. The highest BCUT2D eigenvalue weighted by Gasteiger charge is 2.17. The van der Waals surface area contributed by atoms with Crippen LogP contribution < -0.4 is 4.72 Å². The second-order valence-corrected chi connectivity index (χ2v) is 7.61. The fraction of sp³-hybridized carbons (Fsp3) is 0.0909. The number of benzene rings is 1. The second kappa shape index (κ2) is 5.80. The van der Waals surface area contributed by atoms with E-state index < -0.39 is 10.0 Å². The van der Waals surface area contributed by atoms with Gasteiger partial charge in [0, 0.05) is 19.8 Å². The third-order valence-corrected chi connectivity index (χ3v) is 5.61. The number of aliphatic hydroxyl groups is 1. The van der Waals surface area contributed by atoms with Gasteiger partial charge in [0.05, 0.1) is 17.2 Å². The van der Waals surface area contributed by atoms with E-state index in [2.05, 4.69) is 20.7 Å². The number of hydrogen-bond donors (Lipinski definition) is 2. The summed E-state index contributed by atoms with van der Waals surface area (Å²) >= 11 is 10.3. The monoisotopic (exact) mass is 381 g/mol. The van der Waals surface area contributed by atoms with E-state index in [1.54, 1.807) is 12.1 Å². The Morgan fingerprint density at radius 2 is 2.11 bits per heavy atom. The fourth-order valence-electron chi connectivity index (χ4n) is 1.36. The van der Waals surface area contributed by atoms with Gasteiger partial charge in [0.15, 0.2) is 0 Å². The number of aliphatic hydroxyl groups excluding tert-OH is 1. The van der Waals surface area contributed by atoms with Crippen LogP contribution in [0.15, 0.2) is 39.0 Å². The average molecular weight is 383 g/mol. The van der Waals surface area contributed by atoms with Crippen LogP contribution in [0.1, 0.15) is 4.88 Å². The summed E-state index contributed by atoms with van der Waals surface area (Å²) in [5.74, 6) is 0. The number of sulfonamides is 1. The molecule has 8 heteroatoms. The first kappa shape index (κ1) is 14.8. The molecule has 2 aromatic rings. The Morgan fingerprint density at radius 3 is 2.74 bits per heavy atom. The molecular weight excluding hydrogens is 374 g/mol. The van der Waals surface area contributed by atoms with Crippen molar-refractivity contribution in [2.45, 2.75) is 11.5 Å². The Kier molecular flexibility index (Phi) is 4.52. The normalized spacial score (nSPS) is 11.5. The molecule has 1 aromatic heterocycles. The minimum atomic E-state index is -3.68. The van der Waals surface area contributed by atoms with Crippen molar-refractivity contribution in [2.24, 2.45) is 0 Å². The molecule has 0 aliphatic heterocycles. The van der Waals surface area contributed by atoms with Crippen molar-refractivity contribution in [1.29, 1.82) is 0 Å². The summed E-state index contributed by atoms with van der Waals surface area (Å²) in [5.41, 5.74) is 0.365. The maximum Gasteiger partial charge on any atom is 0.262 e. The highest BCUT2D eigenvalue weighted by molar-refractivity contribution is 9.10. The molecular formula is C11H9BrClNO3S2. The Bertz CT molecular complexity index is 700. The van der Waals surface area contributed by atoms with Crippen molar-refractivity contribution in [2.75, 3.05) is 4.72 Å². The van der Waals surface area contributed by atoms with Gasteiger partial charge in [0.25, 0.3) is 10.0 Å². The molecule has 0 radical (unpaired) electrons. The third-order valence-electron chi connectivity index (χ3n) is 2.27. The third kappa shape index (κ3) is 3.49. The zero-order chi connectivity index (χ0) is 14.0. The number of rotatable bonds is 4. The number of thiophene rings is 1. The standard InChI is InChI=1S/C11H9BrClNO3S2/c12-10-2-1-7(13)3-11(10)14-19(16,17)9-4-8(5-15)18-6-9/h1-4,6,14-15H,5H2. The summed E-state index contributed by atoms with van der Waals surface area (Å²) in [4.78, 5) is 0.707. The fourth-order valence-corrected chi connectivity index (χ4v) is 4.22. The first-order valence-electron chi connectivity index (χ1n) is 5.08. The van der Waals surface area contributed by atoms with Crippen molar-refractivity contribution >= 4 is 54.6 Å². The summed E-state index contributed by atoms with van der Waals surface area (Å²) in [6, 6.07) is 6.26.